The van der Waals surface area contributed by atoms with Gasteiger partial charge in [-0.1, -0.05) is 49.6 Å². The lowest BCUT2D eigenvalue weighted by molar-refractivity contribution is -0.124. The number of rotatable bonds is 4. The van der Waals surface area contributed by atoms with Crippen LogP contribution in [0.3, 0.4) is 0 Å². The van der Waals surface area contributed by atoms with Crippen molar-refractivity contribution in [3.05, 3.63) is 65.1 Å². The molecule has 0 spiro atoms. The number of carbonyl (C=O) groups excluding carboxylic acids is 1. The summed E-state index contributed by atoms with van der Waals surface area (Å²) < 4.78 is 0. The van der Waals surface area contributed by atoms with E-state index in [2.05, 4.69) is 29.2 Å². The second kappa shape index (κ2) is 8.87. The zero-order valence-corrected chi connectivity index (χ0v) is 17.9. The number of amidine groups is 1. The molecular weight excluding hydrogens is 378 g/mol. The van der Waals surface area contributed by atoms with Gasteiger partial charge in [-0.05, 0) is 60.5 Å². The van der Waals surface area contributed by atoms with Crippen LogP contribution in [0.4, 0.5) is 11.4 Å². The van der Waals surface area contributed by atoms with Crippen molar-refractivity contribution in [3.63, 3.8) is 0 Å². The summed E-state index contributed by atoms with van der Waals surface area (Å²) in [4.78, 5) is 22.9. The van der Waals surface area contributed by atoms with Crippen LogP contribution in [0.1, 0.15) is 37.7 Å². The molecule has 4 nitrogen and oxygen atoms in total. The van der Waals surface area contributed by atoms with Crippen LogP contribution in [0.5, 0.6) is 0 Å². The van der Waals surface area contributed by atoms with Crippen molar-refractivity contribution < 1.29 is 4.79 Å². The molecule has 1 heterocycles. The standard InChI is InChI=1S/C24H27N3OS/c1-26(2)20-15-13-18(14-16-20)17-22-23(28)27(21-11-7-4-8-12-21)24(29-22)25-19-9-5-3-6-10-19/h3,5-6,9-10,13-17,21H,4,7-8,11-12H2,1-2H3/b22-17?,25-24-. The van der Waals surface area contributed by atoms with Gasteiger partial charge in [0.2, 0.25) is 0 Å². The summed E-state index contributed by atoms with van der Waals surface area (Å²) in [6.07, 6.45) is 7.74. The van der Waals surface area contributed by atoms with Crippen molar-refractivity contribution in [2.45, 2.75) is 38.1 Å². The Bertz CT molecular complexity index is 913. The van der Waals surface area contributed by atoms with Crippen molar-refractivity contribution in [2.24, 2.45) is 4.99 Å². The molecule has 0 atom stereocenters. The maximum Gasteiger partial charge on any atom is 0.267 e. The van der Waals surface area contributed by atoms with E-state index in [9.17, 15) is 4.79 Å². The SMILES string of the molecule is CN(C)c1ccc(C=C2S/C(=N\c3ccccc3)N(C3CCCCC3)C2=O)cc1. The normalized spacial score (nSPS) is 20.6. The molecule has 0 radical (unpaired) electrons. The highest BCUT2D eigenvalue weighted by Gasteiger charge is 2.38. The summed E-state index contributed by atoms with van der Waals surface area (Å²) in [5.74, 6) is 0.0910. The van der Waals surface area contributed by atoms with E-state index < -0.39 is 0 Å². The van der Waals surface area contributed by atoms with Crippen molar-refractivity contribution in [2.75, 3.05) is 19.0 Å². The molecule has 1 saturated heterocycles. The molecule has 2 aromatic rings. The number of benzene rings is 2. The van der Waals surface area contributed by atoms with Crippen LogP contribution in [0, 0.1) is 0 Å². The Hall–Kier alpha value is -2.53. The molecule has 0 unspecified atom stereocenters. The Morgan fingerprint density at radius 3 is 2.34 bits per heavy atom. The van der Waals surface area contributed by atoms with E-state index >= 15 is 0 Å². The number of aliphatic imine (C=N–C) groups is 1. The lowest BCUT2D eigenvalue weighted by Gasteiger charge is -2.30. The minimum absolute atomic E-state index is 0.0910. The number of amides is 1. The van der Waals surface area contributed by atoms with Gasteiger partial charge < -0.3 is 4.90 Å². The number of anilines is 1. The molecule has 1 aliphatic heterocycles. The molecule has 1 aliphatic carbocycles. The van der Waals surface area contributed by atoms with Gasteiger partial charge in [0.25, 0.3) is 5.91 Å². The van der Waals surface area contributed by atoms with Gasteiger partial charge in [-0.25, -0.2) is 4.99 Å². The molecule has 4 rings (SSSR count). The van der Waals surface area contributed by atoms with Crippen molar-refractivity contribution in [1.82, 2.24) is 4.90 Å². The van der Waals surface area contributed by atoms with Crippen LogP contribution in [0.2, 0.25) is 0 Å². The maximum atomic E-state index is 13.3. The van der Waals surface area contributed by atoms with E-state index in [1.165, 1.54) is 31.0 Å². The summed E-state index contributed by atoms with van der Waals surface area (Å²) in [6.45, 7) is 0. The highest BCUT2D eigenvalue weighted by Crippen LogP contribution is 2.38. The predicted molar refractivity (Wildman–Crippen MR) is 124 cm³/mol. The Kier molecular flexibility index (Phi) is 6.05. The third kappa shape index (κ3) is 4.56. The number of para-hydroxylation sites is 1. The lowest BCUT2D eigenvalue weighted by Crippen LogP contribution is -2.40. The van der Waals surface area contributed by atoms with Gasteiger partial charge in [-0.3, -0.25) is 9.69 Å². The molecule has 2 fully saturated rings. The second-order valence-electron chi connectivity index (χ2n) is 7.79. The first kappa shape index (κ1) is 19.8. The van der Waals surface area contributed by atoms with Crippen LogP contribution >= 0.6 is 11.8 Å². The molecule has 0 N–H and O–H groups in total. The van der Waals surface area contributed by atoms with Crippen molar-refractivity contribution in [3.8, 4) is 0 Å². The predicted octanol–water partition coefficient (Wildman–Crippen LogP) is 5.69. The van der Waals surface area contributed by atoms with Gasteiger partial charge in [-0.15, -0.1) is 0 Å². The van der Waals surface area contributed by atoms with Crippen LogP contribution in [-0.2, 0) is 4.79 Å². The average molecular weight is 406 g/mol. The zero-order valence-electron chi connectivity index (χ0n) is 17.0. The Balaban J connectivity index is 1.65. The first-order valence-electron chi connectivity index (χ1n) is 10.3. The molecule has 150 valence electrons. The van der Waals surface area contributed by atoms with E-state index in [1.54, 1.807) is 0 Å². The highest BCUT2D eigenvalue weighted by atomic mass is 32.2. The molecule has 29 heavy (non-hydrogen) atoms. The molecule has 1 saturated carbocycles. The fourth-order valence-corrected chi connectivity index (χ4v) is 4.92. The van der Waals surface area contributed by atoms with E-state index in [0.717, 1.165) is 39.9 Å². The Labute approximate surface area is 177 Å². The van der Waals surface area contributed by atoms with E-state index in [4.69, 9.17) is 4.99 Å². The Morgan fingerprint density at radius 1 is 1.00 bits per heavy atom. The van der Waals surface area contributed by atoms with E-state index in [0.29, 0.717) is 0 Å². The largest absolute Gasteiger partial charge is 0.378 e. The van der Waals surface area contributed by atoms with Crippen molar-refractivity contribution in [1.29, 1.82) is 0 Å². The minimum Gasteiger partial charge on any atom is -0.378 e. The van der Waals surface area contributed by atoms with E-state index in [1.807, 2.05) is 55.4 Å². The number of hydrogen-bond acceptors (Lipinski definition) is 4. The zero-order chi connectivity index (χ0) is 20.2. The number of hydrogen-bond donors (Lipinski definition) is 0. The first-order chi connectivity index (χ1) is 14.1. The average Bonchev–Trinajstić information content (AvgIpc) is 3.04. The number of carbonyl (C=O) groups is 1. The van der Waals surface area contributed by atoms with Crippen LogP contribution in [0.15, 0.2) is 64.5 Å². The van der Waals surface area contributed by atoms with Crippen LogP contribution in [-0.4, -0.2) is 36.1 Å². The summed E-state index contributed by atoms with van der Waals surface area (Å²) in [6, 6.07) is 18.5. The van der Waals surface area contributed by atoms with E-state index in [-0.39, 0.29) is 11.9 Å². The highest BCUT2D eigenvalue weighted by molar-refractivity contribution is 8.18. The first-order valence-corrected chi connectivity index (χ1v) is 11.1. The Morgan fingerprint density at radius 2 is 1.69 bits per heavy atom. The molecular formula is C24H27N3OS. The number of nitrogens with zero attached hydrogens (tertiary/aromatic N) is 3. The fraction of sp³-hybridized carbons (Fsp3) is 0.333. The summed E-state index contributed by atoms with van der Waals surface area (Å²) in [7, 11) is 4.05. The topological polar surface area (TPSA) is 35.9 Å². The van der Waals surface area contributed by atoms with Crippen LogP contribution < -0.4 is 4.90 Å². The fourth-order valence-electron chi connectivity index (χ4n) is 3.86. The smallest absolute Gasteiger partial charge is 0.267 e. The van der Waals surface area contributed by atoms with Gasteiger partial charge in [0.1, 0.15) is 0 Å². The molecule has 0 bridgehead atoms. The third-order valence-electron chi connectivity index (χ3n) is 5.46. The van der Waals surface area contributed by atoms with Gasteiger partial charge in [-0.2, -0.15) is 0 Å². The minimum atomic E-state index is 0.0910. The molecule has 0 aromatic heterocycles. The van der Waals surface area contributed by atoms with Crippen LogP contribution in [0.25, 0.3) is 6.08 Å². The maximum absolute atomic E-state index is 13.3. The monoisotopic (exact) mass is 405 g/mol. The van der Waals surface area contributed by atoms with Gasteiger partial charge in [0.15, 0.2) is 5.17 Å². The lowest BCUT2D eigenvalue weighted by atomic mass is 9.94. The molecule has 2 aliphatic rings. The molecule has 1 amide bonds. The molecule has 5 heteroatoms. The summed E-state index contributed by atoms with van der Waals surface area (Å²) in [5, 5.41) is 0.810. The summed E-state index contributed by atoms with van der Waals surface area (Å²) in [5.41, 5.74) is 3.07. The third-order valence-corrected chi connectivity index (χ3v) is 6.45. The van der Waals surface area contributed by atoms with Gasteiger partial charge in [0.05, 0.1) is 10.6 Å². The quantitative estimate of drug-likeness (QED) is 0.613. The van der Waals surface area contributed by atoms with Gasteiger partial charge in [0, 0.05) is 25.8 Å². The van der Waals surface area contributed by atoms with Crippen molar-refractivity contribution >= 4 is 40.3 Å². The van der Waals surface area contributed by atoms with Gasteiger partial charge >= 0.3 is 0 Å². The summed E-state index contributed by atoms with van der Waals surface area (Å²) >= 11 is 1.50. The number of thioether (sulfide) groups is 1. The second-order valence-corrected chi connectivity index (χ2v) is 8.80. The molecule has 2 aromatic carbocycles.